The SMILES string of the molecule is O=C(CCSc1ccccc1F)Nc1cccc(S(=O)(=O)N2CCOCC2)c1. The first-order valence-electron chi connectivity index (χ1n) is 8.82. The van der Waals surface area contributed by atoms with E-state index in [9.17, 15) is 17.6 Å². The largest absolute Gasteiger partial charge is 0.379 e. The van der Waals surface area contributed by atoms with Gasteiger partial charge in [0.05, 0.1) is 18.1 Å². The fraction of sp³-hybridized carbons (Fsp3) is 0.316. The molecule has 0 bridgehead atoms. The van der Waals surface area contributed by atoms with Crippen molar-refractivity contribution in [1.29, 1.82) is 0 Å². The van der Waals surface area contributed by atoms with Gasteiger partial charge in [-0.1, -0.05) is 18.2 Å². The molecule has 1 aliphatic rings. The number of nitrogens with one attached hydrogen (secondary N) is 1. The Labute approximate surface area is 168 Å². The summed E-state index contributed by atoms with van der Waals surface area (Å²) in [4.78, 5) is 12.8. The zero-order valence-corrected chi connectivity index (χ0v) is 16.8. The third-order valence-electron chi connectivity index (χ3n) is 4.15. The van der Waals surface area contributed by atoms with Gasteiger partial charge in [-0.05, 0) is 30.3 Å². The third kappa shape index (κ3) is 5.32. The number of hydrogen-bond donors (Lipinski definition) is 1. The lowest BCUT2D eigenvalue weighted by Crippen LogP contribution is -2.40. The molecule has 1 heterocycles. The summed E-state index contributed by atoms with van der Waals surface area (Å²) in [6, 6.07) is 12.6. The Morgan fingerprint density at radius 3 is 2.64 bits per heavy atom. The highest BCUT2D eigenvalue weighted by Gasteiger charge is 2.26. The van der Waals surface area contributed by atoms with Crippen molar-refractivity contribution in [3.05, 3.63) is 54.3 Å². The van der Waals surface area contributed by atoms with Crippen LogP contribution in [-0.4, -0.2) is 50.7 Å². The van der Waals surface area contributed by atoms with Gasteiger partial charge in [0.15, 0.2) is 0 Å². The predicted octanol–water partition coefficient (Wildman–Crippen LogP) is 2.97. The van der Waals surface area contributed by atoms with Crippen molar-refractivity contribution < 1.29 is 22.3 Å². The molecular formula is C19H21FN2O4S2. The minimum absolute atomic E-state index is 0.132. The van der Waals surface area contributed by atoms with Gasteiger partial charge in [-0.15, -0.1) is 11.8 Å². The van der Waals surface area contributed by atoms with E-state index in [1.165, 1.54) is 34.3 Å². The number of amides is 1. The number of sulfonamides is 1. The topological polar surface area (TPSA) is 75.7 Å². The molecule has 1 aliphatic heterocycles. The molecule has 28 heavy (non-hydrogen) atoms. The van der Waals surface area contributed by atoms with Crippen molar-refractivity contribution in [2.24, 2.45) is 0 Å². The Hall–Kier alpha value is -1.94. The van der Waals surface area contributed by atoms with Gasteiger partial charge >= 0.3 is 0 Å². The number of carbonyl (C=O) groups is 1. The molecule has 1 N–H and O–H groups in total. The average molecular weight is 425 g/mol. The number of benzene rings is 2. The molecule has 0 aromatic heterocycles. The van der Waals surface area contributed by atoms with Crippen LogP contribution in [-0.2, 0) is 19.6 Å². The van der Waals surface area contributed by atoms with Crippen molar-refractivity contribution >= 4 is 33.4 Å². The zero-order valence-electron chi connectivity index (χ0n) is 15.1. The number of thioether (sulfide) groups is 1. The Morgan fingerprint density at radius 2 is 1.89 bits per heavy atom. The van der Waals surface area contributed by atoms with Gasteiger partial charge in [-0.2, -0.15) is 4.31 Å². The number of ether oxygens (including phenoxy) is 1. The van der Waals surface area contributed by atoms with Crippen LogP contribution in [0.3, 0.4) is 0 Å². The molecule has 0 aliphatic carbocycles. The van der Waals surface area contributed by atoms with Gasteiger partial charge in [0.2, 0.25) is 15.9 Å². The number of morpholine rings is 1. The van der Waals surface area contributed by atoms with E-state index in [-0.39, 0.29) is 23.0 Å². The van der Waals surface area contributed by atoms with Crippen LogP contribution < -0.4 is 5.32 Å². The summed E-state index contributed by atoms with van der Waals surface area (Å²) in [6.07, 6.45) is 0.180. The summed E-state index contributed by atoms with van der Waals surface area (Å²) in [5.74, 6) is -0.155. The number of hydrogen-bond acceptors (Lipinski definition) is 5. The summed E-state index contributed by atoms with van der Waals surface area (Å²) in [5.41, 5.74) is 0.412. The summed E-state index contributed by atoms with van der Waals surface area (Å²) in [7, 11) is -3.62. The Kier molecular flexibility index (Phi) is 7.06. The second-order valence-corrected chi connectivity index (χ2v) is 9.20. The normalized spacial score (nSPS) is 15.3. The fourth-order valence-corrected chi connectivity index (χ4v) is 5.05. The Morgan fingerprint density at radius 1 is 1.14 bits per heavy atom. The maximum absolute atomic E-state index is 13.6. The van der Waals surface area contributed by atoms with Gasteiger partial charge < -0.3 is 10.1 Å². The van der Waals surface area contributed by atoms with Crippen molar-refractivity contribution in [3.8, 4) is 0 Å². The van der Waals surface area contributed by atoms with E-state index in [2.05, 4.69) is 5.32 Å². The van der Waals surface area contributed by atoms with Gasteiger partial charge in [-0.3, -0.25) is 4.79 Å². The smallest absolute Gasteiger partial charge is 0.243 e. The summed E-state index contributed by atoms with van der Waals surface area (Å²) < 4.78 is 45.6. The predicted molar refractivity (Wildman–Crippen MR) is 106 cm³/mol. The molecule has 0 unspecified atom stereocenters. The monoisotopic (exact) mass is 424 g/mol. The number of carbonyl (C=O) groups excluding carboxylic acids is 1. The molecule has 150 valence electrons. The Balaban J connectivity index is 1.58. The second-order valence-electron chi connectivity index (χ2n) is 6.12. The van der Waals surface area contributed by atoms with Gasteiger partial charge in [-0.25, -0.2) is 12.8 Å². The standard InChI is InChI=1S/C19H21FN2O4S2/c20-17-6-1-2-7-18(17)27-13-8-19(23)21-15-4-3-5-16(14-15)28(24,25)22-9-11-26-12-10-22/h1-7,14H,8-13H2,(H,21,23). The highest BCUT2D eigenvalue weighted by Crippen LogP contribution is 2.23. The minimum Gasteiger partial charge on any atom is -0.379 e. The summed E-state index contributed by atoms with van der Waals surface area (Å²) in [6.45, 7) is 1.36. The maximum atomic E-state index is 13.6. The molecule has 3 rings (SSSR count). The molecular weight excluding hydrogens is 403 g/mol. The number of nitrogens with zero attached hydrogens (tertiary/aromatic N) is 1. The Bertz CT molecular complexity index is 931. The molecule has 1 amide bonds. The molecule has 0 spiro atoms. The van der Waals surface area contributed by atoms with Gasteiger partial charge in [0, 0.05) is 35.8 Å². The lowest BCUT2D eigenvalue weighted by molar-refractivity contribution is -0.115. The van der Waals surface area contributed by atoms with Crippen LogP contribution in [0.2, 0.25) is 0 Å². The number of halogens is 1. The van der Waals surface area contributed by atoms with E-state index < -0.39 is 10.0 Å². The van der Waals surface area contributed by atoms with Crippen molar-refractivity contribution in [1.82, 2.24) is 4.31 Å². The summed E-state index contributed by atoms with van der Waals surface area (Å²) in [5, 5.41) is 2.70. The van der Waals surface area contributed by atoms with Crippen LogP contribution in [0, 0.1) is 5.82 Å². The molecule has 9 heteroatoms. The lowest BCUT2D eigenvalue weighted by Gasteiger charge is -2.26. The molecule has 0 radical (unpaired) electrons. The average Bonchev–Trinajstić information content (AvgIpc) is 2.70. The lowest BCUT2D eigenvalue weighted by atomic mass is 10.3. The quantitative estimate of drug-likeness (QED) is 0.692. The van der Waals surface area contributed by atoms with E-state index in [4.69, 9.17) is 4.74 Å². The van der Waals surface area contributed by atoms with Crippen molar-refractivity contribution in [2.45, 2.75) is 16.2 Å². The molecule has 1 saturated heterocycles. The van der Waals surface area contributed by atoms with Crippen LogP contribution in [0.15, 0.2) is 58.3 Å². The van der Waals surface area contributed by atoms with Crippen LogP contribution in [0.5, 0.6) is 0 Å². The molecule has 0 atom stereocenters. The van der Waals surface area contributed by atoms with E-state index >= 15 is 0 Å². The van der Waals surface area contributed by atoms with E-state index in [1.807, 2.05) is 0 Å². The zero-order chi connectivity index (χ0) is 20.0. The molecule has 6 nitrogen and oxygen atoms in total. The van der Waals surface area contributed by atoms with Gasteiger partial charge in [0.25, 0.3) is 0 Å². The molecule has 2 aromatic rings. The fourth-order valence-electron chi connectivity index (χ4n) is 2.71. The third-order valence-corrected chi connectivity index (χ3v) is 7.09. The van der Waals surface area contributed by atoms with E-state index in [1.54, 1.807) is 30.3 Å². The van der Waals surface area contributed by atoms with Crippen LogP contribution in [0.4, 0.5) is 10.1 Å². The second kappa shape index (κ2) is 9.51. The molecule has 0 saturated carbocycles. The first kappa shape index (κ1) is 20.8. The molecule has 1 fully saturated rings. The van der Waals surface area contributed by atoms with Crippen LogP contribution in [0.25, 0.3) is 0 Å². The number of anilines is 1. The first-order chi connectivity index (χ1) is 13.5. The van der Waals surface area contributed by atoms with Crippen LogP contribution >= 0.6 is 11.8 Å². The maximum Gasteiger partial charge on any atom is 0.243 e. The first-order valence-corrected chi connectivity index (χ1v) is 11.2. The number of rotatable bonds is 7. The summed E-state index contributed by atoms with van der Waals surface area (Å²) >= 11 is 1.26. The van der Waals surface area contributed by atoms with Crippen LogP contribution in [0.1, 0.15) is 6.42 Å². The van der Waals surface area contributed by atoms with Crippen molar-refractivity contribution in [2.75, 3.05) is 37.4 Å². The highest BCUT2D eigenvalue weighted by atomic mass is 32.2. The highest BCUT2D eigenvalue weighted by molar-refractivity contribution is 7.99. The minimum atomic E-state index is -3.62. The molecule has 2 aromatic carbocycles. The van der Waals surface area contributed by atoms with E-state index in [0.29, 0.717) is 42.6 Å². The van der Waals surface area contributed by atoms with E-state index in [0.717, 1.165) is 0 Å². The van der Waals surface area contributed by atoms with Gasteiger partial charge in [0.1, 0.15) is 5.82 Å². The van der Waals surface area contributed by atoms with Crippen molar-refractivity contribution in [3.63, 3.8) is 0 Å².